The van der Waals surface area contributed by atoms with E-state index in [4.69, 9.17) is 16.0 Å². The summed E-state index contributed by atoms with van der Waals surface area (Å²) in [6.45, 7) is 0.266. The van der Waals surface area contributed by atoms with Gasteiger partial charge in [0.1, 0.15) is 5.76 Å². The van der Waals surface area contributed by atoms with E-state index in [0.29, 0.717) is 10.8 Å². The summed E-state index contributed by atoms with van der Waals surface area (Å²) in [4.78, 5) is 0.264. The van der Waals surface area contributed by atoms with Crippen LogP contribution in [-0.4, -0.2) is 18.8 Å². The number of hydrogen-bond donors (Lipinski definition) is 0. The minimum absolute atomic E-state index is 0.0702. The first-order valence-corrected chi connectivity index (χ1v) is 8.19. The fourth-order valence-corrected chi connectivity index (χ4v) is 3.85. The maximum absolute atomic E-state index is 12.7. The maximum Gasteiger partial charge on any atom is 0.243 e. The average molecular weight is 312 g/mol. The first kappa shape index (κ1) is 13.7. The molecule has 4 nitrogen and oxygen atoms in total. The molecule has 0 unspecified atom stereocenters. The van der Waals surface area contributed by atoms with Crippen LogP contribution in [0.1, 0.15) is 18.6 Å². The van der Waals surface area contributed by atoms with Gasteiger partial charge in [0, 0.05) is 11.1 Å². The van der Waals surface area contributed by atoms with Crippen molar-refractivity contribution in [3.05, 3.63) is 53.4 Å². The summed E-state index contributed by atoms with van der Waals surface area (Å²) in [5, 5.41) is 0.521. The molecule has 0 spiro atoms. The maximum atomic E-state index is 12.7. The van der Waals surface area contributed by atoms with E-state index in [9.17, 15) is 8.42 Å². The van der Waals surface area contributed by atoms with E-state index in [2.05, 4.69) is 0 Å². The molecule has 1 fully saturated rings. The molecule has 1 aromatic heterocycles. The molecule has 0 saturated heterocycles. The van der Waals surface area contributed by atoms with E-state index in [1.54, 1.807) is 30.5 Å². The second-order valence-electron chi connectivity index (χ2n) is 4.81. The number of halogens is 1. The lowest BCUT2D eigenvalue weighted by atomic mass is 10.4. The van der Waals surface area contributed by atoms with Crippen molar-refractivity contribution in [1.82, 2.24) is 4.31 Å². The first-order chi connectivity index (χ1) is 9.57. The van der Waals surface area contributed by atoms with Crippen LogP contribution in [0.15, 0.2) is 52.0 Å². The van der Waals surface area contributed by atoms with Crippen molar-refractivity contribution >= 4 is 21.6 Å². The van der Waals surface area contributed by atoms with E-state index in [1.807, 2.05) is 0 Å². The van der Waals surface area contributed by atoms with Crippen LogP contribution < -0.4 is 0 Å². The number of furan rings is 1. The molecule has 1 aromatic carbocycles. The molecule has 20 heavy (non-hydrogen) atoms. The van der Waals surface area contributed by atoms with Crippen molar-refractivity contribution in [2.75, 3.05) is 0 Å². The number of nitrogens with zero attached hydrogens (tertiary/aromatic N) is 1. The fourth-order valence-electron chi connectivity index (χ4n) is 2.07. The number of rotatable bonds is 5. The monoisotopic (exact) mass is 311 g/mol. The molecule has 1 aliphatic rings. The molecule has 0 aliphatic heterocycles. The van der Waals surface area contributed by atoms with E-state index in [-0.39, 0.29) is 17.5 Å². The zero-order valence-corrected chi connectivity index (χ0v) is 12.3. The predicted octanol–water partition coefficient (Wildman–Crippen LogP) is 3.29. The van der Waals surface area contributed by atoms with Gasteiger partial charge < -0.3 is 4.42 Å². The van der Waals surface area contributed by atoms with Gasteiger partial charge in [-0.3, -0.25) is 0 Å². The third-order valence-corrected chi connectivity index (χ3v) is 5.43. The van der Waals surface area contributed by atoms with Gasteiger partial charge in [0.05, 0.1) is 17.7 Å². The quantitative estimate of drug-likeness (QED) is 0.851. The molecule has 0 atom stereocenters. The predicted molar refractivity (Wildman–Crippen MR) is 75.9 cm³/mol. The van der Waals surface area contributed by atoms with Crippen molar-refractivity contribution in [2.24, 2.45) is 0 Å². The molecule has 106 valence electrons. The molecule has 0 N–H and O–H groups in total. The smallest absolute Gasteiger partial charge is 0.243 e. The summed E-state index contributed by atoms with van der Waals surface area (Å²) in [5.74, 6) is 0.648. The third-order valence-electron chi connectivity index (χ3n) is 3.27. The highest BCUT2D eigenvalue weighted by Crippen LogP contribution is 2.33. The fraction of sp³-hybridized carbons (Fsp3) is 0.286. The Labute approximate surface area is 123 Å². The van der Waals surface area contributed by atoms with Crippen molar-refractivity contribution in [2.45, 2.75) is 30.3 Å². The van der Waals surface area contributed by atoms with Crippen LogP contribution >= 0.6 is 11.6 Å². The van der Waals surface area contributed by atoms with Gasteiger partial charge in [-0.05, 0) is 49.2 Å². The minimum atomic E-state index is -3.52. The molecule has 1 aliphatic carbocycles. The Balaban J connectivity index is 1.91. The normalized spacial score (nSPS) is 15.7. The number of benzene rings is 1. The van der Waals surface area contributed by atoms with Crippen molar-refractivity contribution in [3.63, 3.8) is 0 Å². The van der Waals surface area contributed by atoms with Gasteiger partial charge in [-0.1, -0.05) is 11.6 Å². The van der Waals surface area contributed by atoms with Crippen LogP contribution in [0.5, 0.6) is 0 Å². The molecule has 2 aromatic rings. The van der Waals surface area contributed by atoms with Gasteiger partial charge in [0.25, 0.3) is 0 Å². The van der Waals surface area contributed by atoms with Crippen LogP contribution in [-0.2, 0) is 16.6 Å². The molecule has 6 heteroatoms. The highest BCUT2D eigenvalue weighted by atomic mass is 35.5. The van der Waals surface area contributed by atoms with Crippen LogP contribution in [0.25, 0.3) is 0 Å². The highest BCUT2D eigenvalue weighted by molar-refractivity contribution is 7.89. The van der Waals surface area contributed by atoms with E-state index in [0.717, 1.165) is 12.8 Å². The van der Waals surface area contributed by atoms with Gasteiger partial charge in [-0.2, -0.15) is 4.31 Å². The molecular weight excluding hydrogens is 298 g/mol. The molecule has 3 rings (SSSR count). The topological polar surface area (TPSA) is 50.5 Å². The Bertz CT molecular complexity index is 676. The zero-order valence-electron chi connectivity index (χ0n) is 10.7. The lowest BCUT2D eigenvalue weighted by Crippen LogP contribution is -2.32. The molecular formula is C14H14ClNO3S. The van der Waals surface area contributed by atoms with Crippen LogP contribution in [0, 0.1) is 0 Å². The molecule has 1 heterocycles. The van der Waals surface area contributed by atoms with Crippen LogP contribution in [0.2, 0.25) is 5.02 Å². The minimum Gasteiger partial charge on any atom is -0.468 e. The standard InChI is InChI=1S/C14H14ClNO3S/c15-11-3-7-14(8-4-11)20(17,18)16(12-5-6-12)10-13-2-1-9-19-13/h1-4,7-9,12H,5-6,10H2. The van der Waals surface area contributed by atoms with Crippen molar-refractivity contribution in [1.29, 1.82) is 0 Å². The number of hydrogen-bond acceptors (Lipinski definition) is 3. The zero-order chi connectivity index (χ0) is 14.2. The molecule has 0 amide bonds. The van der Waals surface area contributed by atoms with Crippen LogP contribution in [0.3, 0.4) is 0 Å². The Morgan fingerprint density at radius 1 is 1.20 bits per heavy atom. The Kier molecular flexibility index (Phi) is 3.58. The Morgan fingerprint density at radius 3 is 2.45 bits per heavy atom. The SMILES string of the molecule is O=S(=O)(c1ccc(Cl)cc1)N(Cc1ccco1)C1CC1. The van der Waals surface area contributed by atoms with Gasteiger partial charge in [-0.25, -0.2) is 8.42 Å². The van der Waals surface area contributed by atoms with Gasteiger partial charge in [-0.15, -0.1) is 0 Å². The largest absolute Gasteiger partial charge is 0.468 e. The lowest BCUT2D eigenvalue weighted by Gasteiger charge is -2.20. The highest BCUT2D eigenvalue weighted by Gasteiger charge is 2.38. The van der Waals surface area contributed by atoms with E-state index in [1.165, 1.54) is 16.4 Å². The molecule has 0 bridgehead atoms. The summed E-state index contributed by atoms with van der Waals surface area (Å²) in [5.41, 5.74) is 0. The third kappa shape index (κ3) is 2.75. The summed E-state index contributed by atoms with van der Waals surface area (Å²) in [6, 6.07) is 9.87. The summed E-state index contributed by atoms with van der Waals surface area (Å²) in [6.07, 6.45) is 3.34. The average Bonchev–Trinajstić information content (AvgIpc) is 3.12. The van der Waals surface area contributed by atoms with Gasteiger partial charge in [0.15, 0.2) is 0 Å². The first-order valence-electron chi connectivity index (χ1n) is 6.37. The van der Waals surface area contributed by atoms with Crippen molar-refractivity contribution < 1.29 is 12.8 Å². The van der Waals surface area contributed by atoms with E-state index < -0.39 is 10.0 Å². The summed E-state index contributed by atoms with van der Waals surface area (Å²) < 4.78 is 32.2. The second-order valence-corrected chi connectivity index (χ2v) is 7.14. The van der Waals surface area contributed by atoms with Crippen molar-refractivity contribution in [3.8, 4) is 0 Å². The Morgan fingerprint density at radius 2 is 1.90 bits per heavy atom. The molecule has 1 saturated carbocycles. The second kappa shape index (κ2) is 5.24. The number of sulfonamides is 1. The van der Waals surface area contributed by atoms with Gasteiger partial charge >= 0.3 is 0 Å². The summed E-state index contributed by atoms with van der Waals surface area (Å²) in [7, 11) is -3.52. The lowest BCUT2D eigenvalue weighted by molar-refractivity contribution is 0.356. The van der Waals surface area contributed by atoms with E-state index >= 15 is 0 Å². The Hall–Kier alpha value is -1.30. The summed E-state index contributed by atoms with van der Waals surface area (Å²) >= 11 is 5.81. The molecule has 0 radical (unpaired) electrons. The van der Waals surface area contributed by atoms with Crippen LogP contribution in [0.4, 0.5) is 0 Å². The van der Waals surface area contributed by atoms with Gasteiger partial charge in [0.2, 0.25) is 10.0 Å².